The van der Waals surface area contributed by atoms with Gasteiger partial charge in [-0.2, -0.15) is 0 Å². The van der Waals surface area contributed by atoms with E-state index >= 15 is 0 Å². The van der Waals surface area contributed by atoms with Gasteiger partial charge in [0.1, 0.15) is 0 Å². The molecule has 0 aliphatic carbocycles. The van der Waals surface area contributed by atoms with E-state index in [-0.39, 0.29) is 11.9 Å². The largest absolute Gasteiger partial charge is 0.334 e. The summed E-state index contributed by atoms with van der Waals surface area (Å²) >= 11 is 3.92. The van der Waals surface area contributed by atoms with Crippen molar-refractivity contribution in [2.24, 2.45) is 0 Å². The molecule has 0 aliphatic heterocycles. The first-order valence-electron chi connectivity index (χ1n) is 5.65. The number of thiophene rings is 1. The van der Waals surface area contributed by atoms with Gasteiger partial charge >= 0.3 is 0 Å². The summed E-state index contributed by atoms with van der Waals surface area (Å²) in [6.45, 7) is 2.05. The molecule has 1 unspecified atom stereocenters. The molecule has 0 N–H and O–H groups in total. The standard InChI is InChI=1S/C14H14INOS/c1-10(13-4-3-9-18-13)16(2)14(17)11-5-7-12(15)8-6-11/h3-10H,1-2H3. The van der Waals surface area contributed by atoms with E-state index in [2.05, 4.69) is 35.6 Å². The van der Waals surface area contributed by atoms with Crippen molar-refractivity contribution in [3.8, 4) is 0 Å². The third-order valence-corrected chi connectivity index (χ3v) is 4.71. The van der Waals surface area contributed by atoms with E-state index in [1.165, 1.54) is 4.88 Å². The van der Waals surface area contributed by atoms with Gasteiger partial charge in [-0.15, -0.1) is 11.3 Å². The maximum Gasteiger partial charge on any atom is 0.254 e. The summed E-state index contributed by atoms with van der Waals surface area (Å²) in [7, 11) is 1.85. The molecule has 2 nitrogen and oxygen atoms in total. The molecule has 1 aromatic heterocycles. The van der Waals surface area contributed by atoms with Crippen molar-refractivity contribution in [1.82, 2.24) is 4.90 Å². The molecule has 18 heavy (non-hydrogen) atoms. The summed E-state index contributed by atoms with van der Waals surface area (Å²) < 4.78 is 1.14. The number of benzene rings is 1. The number of amides is 1. The maximum absolute atomic E-state index is 12.3. The van der Waals surface area contributed by atoms with Gasteiger partial charge in [-0.25, -0.2) is 0 Å². The summed E-state index contributed by atoms with van der Waals surface area (Å²) in [6.07, 6.45) is 0. The zero-order valence-corrected chi connectivity index (χ0v) is 13.2. The average Bonchev–Trinajstić information content (AvgIpc) is 2.91. The van der Waals surface area contributed by atoms with Crippen LogP contribution < -0.4 is 0 Å². The van der Waals surface area contributed by atoms with Gasteiger partial charge in [0.15, 0.2) is 0 Å². The Morgan fingerprint density at radius 3 is 2.50 bits per heavy atom. The van der Waals surface area contributed by atoms with Gasteiger partial charge in [0, 0.05) is 21.1 Å². The second kappa shape index (κ2) is 5.84. The first-order chi connectivity index (χ1) is 8.59. The van der Waals surface area contributed by atoms with Gasteiger partial charge in [0.05, 0.1) is 6.04 Å². The average molecular weight is 371 g/mol. The molecular formula is C14H14INOS. The van der Waals surface area contributed by atoms with E-state index in [1.807, 2.05) is 42.8 Å². The van der Waals surface area contributed by atoms with E-state index in [1.54, 1.807) is 16.2 Å². The molecule has 1 aromatic carbocycles. The van der Waals surface area contributed by atoms with Crippen LogP contribution >= 0.6 is 33.9 Å². The predicted octanol–water partition coefficient (Wildman–Crippen LogP) is 4.19. The molecule has 0 spiro atoms. The third-order valence-electron chi connectivity index (χ3n) is 2.95. The molecule has 2 aromatic rings. The van der Waals surface area contributed by atoms with Crippen LogP contribution in [0.3, 0.4) is 0 Å². The van der Waals surface area contributed by atoms with Gasteiger partial charge in [-0.1, -0.05) is 6.07 Å². The van der Waals surface area contributed by atoms with Crippen LogP contribution in [-0.2, 0) is 0 Å². The topological polar surface area (TPSA) is 20.3 Å². The first kappa shape index (κ1) is 13.5. The van der Waals surface area contributed by atoms with E-state index in [0.29, 0.717) is 0 Å². The highest BCUT2D eigenvalue weighted by molar-refractivity contribution is 14.1. The molecule has 1 atom stereocenters. The van der Waals surface area contributed by atoms with E-state index < -0.39 is 0 Å². The second-order valence-corrected chi connectivity index (χ2v) is 6.34. The summed E-state index contributed by atoms with van der Waals surface area (Å²) in [5.41, 5.74) is 0.737. The lowest BCUT2D eigenvalue weighted by Gasteiger charge is -2.24. The number of carbonyl (C=O) groups is 1. The zero-order chi connectivity index (χ0) is 13.1. The highest BCUT2D eigenvalue weighted by Crippen LogP contribution is 2.24. The number of nitrogens with zero attached hydrogens (tertiary/aromatic N) is 1. The second-order valence-electron chi connectivity index (χ2n) is 4.11. The monoisotopic (exact) mass is 371 g/mol. The Morgan fingerprint density at radius 2 is 1.94 bits per heavy atom. The Kier molecular flexibility index (Phi) is 4.40. The fraction of sp³-hybridized carbons (Fsp3) is 0.214. The van der Waals surface area contributed by atoms with E-state index in [4.69, 9.17) is 0 Å². The maximum atomic E-state index is 12.3. The molecule has 0 radical (unpaired) electrons. The highest BCUT2D eigenvalue weighted by atomic mass is 127. The molecule has 0 bridgehead atoms. The van der Waals surface area contributed by atoms with Crippen molar-refractivity contribution in [1.29, 1.82) is 0 Å². The Balaban J connectivity index is 2.16. The number of rotatable bonds is 3. The molecule has 94 valence electrons. The fourth-order valence-electron chi connectivity index (χ4n) is 1.69. The van der Waals surface area contributed by atoms with Crippen LogP contribution in [0.4, 0.5) is 0 Å². The fourth-order valence-corrected chi connectivity index (χ4v) is 2.88. The van der Waals surface area contributed by atoms with Crippen molar-refractivity contribution >= 4 is 39.8 Å². The van der Waals surface area contributed by atoms with Crippen LogP contribution in [0, 0.1) is 3.57 Å². The van der Waals surface area contributed by atoms with Gasteiger partial charge in [0.25, 0.3) is 5.91 Å². The molecule has 0 fully saturated rings. The van der Waals surface area contributed by atoms with Crippen molar-refractivity contribution in [3.63, 3.8) is 0 Å². The van der Waals surface area contributed by atoms with E-state index in [9.17, 15) is 4.79 Å². The number of halogens is 1. The lowest BCUT2D eigenvalue weighted by Crippen LogP contribution is -2.29. The quantitative estimate of drug-likeness (QED) is 0.741. The van der Waals surface area contributed by atoms with Crippen LogP contribution in [0.5, 0.6) is 0 Å². The van der Waals surface area contributed by atoms with Gasteiger partial charge in [-0.05, 0) is 65.2 Å². The van der Waals surface area contributed by atoms with Crippen molar-refractivity contribution in [2.75, 3.05) is 7.05 Å². The van der Waals surface area contributed by atoms with Crippen LogP contribution in [0.15, 0.2) is 41.8 Å². The smallest absolute Gasteiger partial charge is 0.254 e. The lowest BCUT2D eigenvalue weighted by molar-refractivity contribution is 0.0745. The third kappa shape index (κ3) is 2.92. The summed E-state index contributed by atoms with van der Waals surface area (Å²) in [5.74, 6) is 0.0623. The van der Waals surface area contributed by atoms with Gasteiger partial charge in [0.2, 0.25) is 0 Å². The van der Waals surface area contributed by atoms with Crippen molar-refractivity contribution in [2.45, 2.75) is 13.0 Å². The molecule has 0 saturated carbocycles. The Morgan fingerprint density at radius 1 is 1.28 bits per heavy atom. The van der Waals surface area contributed by atoms with Gasteiger partial charge in [-0.3, -0.25) is 4.79 Å². The molecule has 1 amide bonds. The number of hydrogen-bond donors (Lipinski definition) is 0. The highest BCUT2D eigenvalue weighted by Gasteiger charge is 2.19. The van der Waals surface area contributed by atoms with Crippen molar-refractivity contribution < 1.29 is 4.79 Å². The van der Waals surface area contributed by atoms with Crippen LogP contribution in [0.1, 0.15) is 28.2 Å². The zero-order valence-electron chi connectivity index (χ0n) is 10.3. The number of hydrogen-bond acceptors (Lipinski definition) is 2. The predicted molar refractivity (Wildman–Crippen MR) is 84.0 cm³/mol. The summed E-state index contributed by atoms with van der Waals surface area (Å²) in [4.78, 5) is 15.3. The van der Waals surface area contributed by atoms with E-state index in [0.717, 1.165) is 9.13 Å². The Bertz CT molecular complexity index is 521. The molecule has 1 heterocycles. The molecule has 0 saturated heterocycles. The Labute approximate surface area is 125 Å². The van der Waals surface area contributed by atoms with Crippen LogP contribution in [0.25, 0.3) is 0 Å². The lowest BCUT2D eigenvalue weighted by atomic mass is 10.1. The van der Waals surface area contributed by atoms with Crippen LogP contribution in [0.2, 0.25) is 0 Å². The minimum atomic E-state index is 0.0623. The minimum absolute atomic E-state index is 0.0623. The number of carbonyl (C=O) groups excluding carboxylic acids is 1. The Hall–Kier alpha value is -0.880. The molecular weight excluding hydrogens is 357 g/mol. The molecule has 2 rings (SSSR count). The first-order valence-corrected chi connectivity index (χ1v) is 7.61. The SMILES string of the molecule is CC(c1cccs1)N(C)C(=O)c1ccc(I)cc1. The van der Waals surface area contributed by atoms with Crippen LogP contribution in [-0.4, -0.2) is 17.9 Å². The van der Waals surface area contributed by atoms with Crippen molar-refractivity contribution in [3.05, 3.63) is 55.8 Å². The summed E-state index contributed by atoms with van der Waals surface area (Å²) in [6, 6.07) is 11.8. The molecule has 0 aliphatic rings. The molecule has 4 heteroatoms. The summed E-state index contributed by atoms with van der Waals surface area (Å²) in [5, 5.41) is 2.04. The normalized spacial score (nSPS) is 12.2. The van der Waals surface area contributed by atoms with Gasteiger partial charge < -0.3 is 4.90 Å². The minimum Gasteiger partial charge on any atom is -0.334 e.